The van der Waals surface area contributed by atoms with Gasteiger partial charge in [-0.3, -0.25) is 4.90 Å². The van der Waals surface area contributed by atoms with Gasteiger partial charge in [0.15, 0.2) is 0 Å². The molecule has 144 valence electrons. The summed E-state index contributed by atoms with van der Waals surface area (Å²) in [5, 5.41) is 22.7. The van der Waals surface area contributed by atoms with Crippen LogP contribution in [0, 0.1) is 11.3 Å². The number of aromatic amines is 1. The average Bonchev–Trinajstić information content (AvgIpc) is 3.47. The number of tetrazole rings is 1. The molecule has 2 aromatic heterocycles. The smallest absolute Gasteiger partial charge is 0.247 e. The Morgan fingerprint density at radius 2 is 2.07 bits per heavy atom. The van der Waals surface area contributed by atoms with Crippen molar-refractivity contribution < 1.29 is 9.15 Å². The van der Waals surface area contributed by atoms with Gasteiger partial charge in [-0.05, 0) is 35.6 Å². The van der Waals surface area contributed by atoms with Gasteiger partial charge < -0.3 is 9.15 Å². The summed E-state index contributed by atoms with van der Waals surface area (Å²) in [6, 6.07) is 8.21. The molecule has 0 bridgehead atoms. The summed E-state index contributed by atoms with van der Waals surface area (Å²) in [5.41, 5.74) is 2.16. The fraction of sp³-hybridized carbons (Fsp3) is 0.526. The maximum absolute atomic E-state index is 6.00. The largest absolute Gasteiger partial charge is 0.419 e. The van der Waals surface area contributed by atoms with Crippen molar-refractivity contribution in [2.45, 2.75) is 31.8 Å². The van der Waals surface area contributed by atoms with E-state index in [9.17, 15) is 0 Å². The zero-order valence-corrected chi connectivity index (χ0v) is 15.4. The lowest BCUT2D eigenvalue weighted by Crippen LogP contribution is -2.38. The van der Waals surface area contributed by atoms with Gasteiger partial charge in [0.25, 0.3) is 0 Å². The van der Waals surface area contributed by atoms with Crippen molar-refractivity contribution in [3.63, 3.8) is 0 Å². The van der Waals surface area contributed by atoms with Crippen LogP contribution in [0.5, 0.6) is 0 Å². The number of rotatable bonds is 4. The normalized spacial score (nSPS) is 25.9. The van der Waals surface area contributed by atoms with Crippen LogP contribution in [0.1, 0.15) is 25.2 Å². The zero-order chi connectivity index (χ0) is 18.6. The van der Waals surface area contributed by atoms with Crippen LogP contribution in [-0.2, 0) is 11.3 Å². The monoisotopic (exact) mass is 379 g/mol. The molecule has 2 saturated heterocycles. The highest BCUT2D eigenvalue weighted by molar-refractivity contribution is 5.64. The molecule has 1 N–H and O–H groups in total. The number of fused-ring (bicyclic) bond motifs is 2. The standard InChI is InChI=1S/C19H21N7O2/c1-3-12(17-21-24-25-22-17)7-13(4-1)18-23-20-16(28-18)8-26-11-19(5-2-6-19)14-9-27-10-15(14)26/h1,3-4,7,14-15H,2,5-6,8-11H2,(H,21,22,24,25)/t14-,15+/m1/s1. The molecule has 1 saturated carbocycles. The van der Waals surface area contributed by atoms with Crippen molar-refractivity contribution in [1.29, 1.82) is 0 Å². The van der Waals surface area contributed by atoms with Gasteiger partial charge in [0.1, 0.15) is 0 Å². The minimum absolute atomic E-state index is 0.461. The molecule has 6 rings (SSSR count). The second-order valence-electron chi connectivity index (χ2n) is 8.15. The Labute approximate surface area is 161 Å². The average molecular weight is 379 g/mol. The summed E-state index contributed by atoms with van der Waals surface area (Å²) in [5.74, 6) is 2.37. The van der Waals surface area contributed by atoms with E-state index in [1.54, 1.807) is 0 Å². The maximum Gasteiger partial charge on any atom is 0.247 e. The van der Waals surface area contributed by atoms with Gasteiger partial charge in [0, 0.05) is 29.6 Å². The predicted octanol–water partition coefficient (Wildman–Crippen LogP) is 1.92. The molecule has 1 aliphatic carbocycles. The number of benzene rings is 1. The highest BCUT2D eigenvalue weighted by Crippen LogP contribution is 2.55. The fourth-order valence-corrected chi connectivity index (χ4v) is 5.14. The zero-order valence-electron chi connectivity index (χ0n) is 15.4. The molecular weight excluding hydrogens is 358 g/mol. The first-order valence-electron chi connectivity index (χ1n) is 9.79. The molecule has 9 nitrogen and oxygen atoms in total. The molecule has 3 aliphatic rings. The molecule has 9 heteroatoms. The van der Waals surface area contributed by atoms with Crippen LogP contribution >= 0.6 is 0 Å². The van der Waals surface area contributed by atoms with E-state index in [1.807, 2.05) is 24.3 Å². The van der Waals surface area contributed by atoms with E-state index in [2.05, 4.69) is 35.7 Å². The van der Waals surface area contributed by atoms with Crippen molar-refractivity contribution in [3.8, 4) is 22.8 Å². The number of nitrogens with zero attached hydrogens (tertiary/aromatic N) is 6. The van der Waals surface area contributed by atoms with E-state index < -0.39 is 0 Å². The molecule has 28 heavy (non-hydrogen) atoms. The van der Waals surface area contributed by atoms with Crippen LogP contribution in [0.4, 0.5) is 0 Å². The first-order valence-corrected chi connectivity index (χ1v) is 9.79. The first kappa shape index (κ1) is 16.3. The molecule has 3 fully saturated rings. The second kappa shape index (κ2) is 6.18. The third-order valence-corrected chi connectivity index (χ3v) is 6.69. The lowest BCUT2D eigenvalue weighted by molar-refractivity contribution is 0.0495. The Kier molecular flexibility index (Phi) is 3.60. The minimum atomic E-state index is 0.461. The van der Waals surface area contributed by atoms with E-state index >= 15 is 0 Å². The van der Waals surface area contributed by atoms with E-state index in [1.165, 1.54) is 19.3 Å². The van der Waals surface area contributed by atoms with Gasteiger partial charge in [-0.15, -0.1) is 20.4 Å². The third kappa shape index (κ3) is 2.50. The van der Waals surface area contributed by atoms with Crippen LogP contribution in [0.25, 0.3) is 22.8 Å². The predicted molar refractivity (Wildman–Crippen MR) is 97.7 cm³/mol. The Morgan fingerprint density at radius 3 is 2.89 bits per heavy atom. The van der Waals surface area contributed by atoms with E-state index in [-0.39, 0.29) is 0 Å². The molecule has 2 aliphatic heterocycles. The molecule has 0 radical (unpaired) electrons. The molecule has 1 spiro atoms. The topological polar surface area (TPSA) is 106 Å². The van der Waals surface area contributed by atoms with Crippen molar-refractivity contribution in [2.24, 2.45) is 11.3 Å². The highest BCUT2D eigenvalue weighted by Gasteiger charge is 2.57. The van der Waals surface area contributed by atoms with Gasteiger partial charge >= 0.3 is 0 Å². The van der Waals surface area contributed by atoms with Crippen LogP contribution in [0.2, 0.25) is 0 Å². The van der Waals surface area contributed by atoms with Crippen LogP contribution in [-0.4, -0.2) is 61.5 Å². The summed E-state index contributed by atoms with van der Waals surface area (Å²) >= 11 is 0. The minimum Gasteiger partial charge on any atom is -0.419 e. The highest BCUT2D eigenvalue weighted by atomic mass is 16.5. The number of likely N-dealkylation sites (tertiary alicyclic amines) is 1. The van der Waals surface area contributed by atoms with Gasteiger partial charge in [0.05, 0.1) is 19.8 Å². The van der Waals surface area contributed by atoms with Gasteiger partial charge in [0.2, 0.25) is 17.6 Å². The maximum atomic E-state index is 6.00. The van der Waals surface area contributed by atoms with E-state index in [4.69, 9.17) is 9.15 Å². The Bertz CT molecular complexity index is 982. The van der Waals surface area contributed by atoms with Gasteiger partial charge in [-0.2, -0.15) is 5.21 Å². The van der Waals surface area contributed by atoms with Gasteiger partial charge in [-0.1, -0.05) is 18.6 Å². The summed E-state index contributed by atoms with van der Waals surface area (Å²) < 4.78 is 11.8. The quantitative estimate of drug-likeness (QED) is 0.733. The van der Waals surface area contributed by atoms with E-state index in [0.29, 0.717) is 41.5 Å². The Balaban J connectivity index is 1.22. The molecule has 1 aromatic carbocycles. The molecule has 3 aromatic rings. The summed E-state index contributed by atoms with van der Waals surface area (Å²) in [6.45, 7) is 3.53. The van der Waals surface area contributed by atoms with Crippen molar-refractivity contribution >= 4 is 0 Å². The van der Waals surface area contributed by atoms with Crippen molar-refractivity contribution in [1.82, 2.24) is 35.7 Å². The van der Waals surface area contributed by atoms with E-state index in [0.717, 1.165) is 30.9 Å². The summed E-state index contributed by atoms with van der Waals surface area (Å²) in [4.78, 5) is 2.49. The number of nitrogens with one attached hydrogen (secondary N) is 1. The summed E-state index contributed by atoms with van der Waals surface area (Å²) in [6.07, 6.45) is 4.00. The number of ether oxygens (including phenoxy) is 1. The second-order valence-corrected chi connectivity index (χ2v) is 8.15. The number of aromatic nitrogens is 6. The van der Waals surface area contributed by atoms with Gasteiger partial charge in [-0.25, -0.2) is 0 Å². The number of hydrogen-bond acceptors (Lipinski definition) is 8. The Morgan fingerprint density at radius 1 is 1.14 bits per heavy atom. The van der Waals surface area contributed by atoms with Crippen LogP contribution < -0.4 is 0 Å². The fourth-order valence-electron chi connectivity index (χ4n) is 5.14. The Hall–Kier alpha value is -2.65. The first-order chi connectivity index (χ1) is 13.8. The lowest BCUT2D eigenvalue weighted by atomic mass is 9.62. The van der Waals surface area contributed by atoms with Crippen LogP contribution in [0.3, 0.4) is 0 Å². The molecular formula is C19H21N7O2. The third-order valence-electron chi connectivity index (χ3n) is 6.69. The number of hydrogen-bond donors (Lipinski definition) is 1. The lowest BCUT2D eigenvalue weighted by Gasteiger charge is -2.42. The molecule has 0 amide bonds. The summed E-state index contributed by atoms with van der Waals surface area (Å²) in [7, 11) is 0. The molecule has 2 atom stereocenters. The molecule has 0 unspecified atom stereocenters. The van der Waals surface area contributed by atoms with Crippen molar-refractivity contribution in [2.75, 3.05) is 19.8 Å². The van der Waals surface area contributed by atoms with Crippen LogP contribution in [0.15, 0.2) is 28.7 Å². The number of H-pyrrole nitrogens is 1. The SMILES string of the molecule is c1cc(-c2nn[nH]n2)cc(-c2nnc(CN3CC4(CCC4)[C@@H]4COC[C@@H]43)o2)c1. The molecule has 4 heterocycles. The van der Waals surface area contributed by atoms with Crippen molar-refractivity contribution in [3.05, 3.63) is 30.2 Å².